The van der Waals surface area contributed by atoms with Crippen molar-refractivity contribution < 1.29 is 27.7 Å². The third kappa shape index (κ3) is 4.22. The molecule has 0 aliphatic carbocycles. The fourth-order valence-corrected chi connectivity index (χ4v) is 3.65. The van der Waals surface area contributed by atoms with E-state index >= 15 is 0 Å². The number of benzene rings is 2. The molecule has 3 N–H and O–H groups in total. The third-order valence-corrected chi connectivity index (χ3v) is 4.90. The van der Waals surface area contributed by atoms with Crippen LogP contribution in [-0.4, -0.2) is 9.79 Å². The quantitative estimate of drug-likeness (QED) is 0.685. The van der Waals surface area contributed by atoms with Crippen molar-refractivity contribution in [2.75, 3.05) is 0 Å². The molecule has 120 valence electrons. The lowest BCUT2D eigenvalue weighted by atomic mass is 10.1. The number of rotatable bonds is 6. The van der Waals surface area contributed by atoms with Gasteiger partial charge >= 0.3 is 16.1 Å². The molecule has 0 bridgehead atoms. The van der Waals surface area contributed by atoms with Crippen LogP contribution in [0.25, 0.3) is 0 Å². The summed E-state index contributed by atoms with van der Waals surface area (Å²) in [7, 11) is -5.95. The van der Waals surface area contributed by atoms with Gasteiger partial charge in [-0.3, -0.25) is 0 Å². The zero-order chi connectivity index (χ0) is 17.0. The predicted octanol–water partition coefficient (Wildman–Crippen LogP) is 3.72. The van der Waals surface area contributed by atoms with Gasteiger partial charge in [0, 0.05) is 0 Å². The molecule has 5 nitrogen and oxygen atoms in total. The van der Waals surface area contributed by atoms with Gasteiger partial charge in [0.15, 0.2) is 0 Å². The lowest BCUT2D eigenvalue weighted by molar-refractivity contribution is 0.440. The Bertz CT molecular complexity index is 683. The Morgan fingerprint density at radius 1 is 0.783 bits per heavy atom. The molecule has 2 aromatic carbocycles. The topological polar surface area (TPSA) is 86.6 Å². The fraction of sp³-hybridized carbons (Fsp3) is 0.143. The minimum Gasteiger partial charge on any atom is -0.216 e. The normalized spacial score (nSPS) is 15.0. The Kier molecular flexibility index (Phi) is 5.99. The minimum absolute atomic E-state index is 0.144. The summed E-state index contributed by atoms with van der Waals surface area (Å²) in [6.07, 6.45) is 0. The zero-order valence-electron chi connectivity index (χ0n) is 11.6. The van der Waals surface area contributed by atoms with E-state index in [-0.39, 0.29) is 11.1 Å². The molecular formula is C14H13F2NO4P2+2. The van der Waals surface area contributed by atoms with Gasteiger partial charge in [-0.15, -0.1) is 0 Å². The molecule has 0 fully saturated rings. The van der Waals surface area contributed by atoms with Gasteiger partial charge in [-0.1, -0.05) is 24.3 Å². The molecular weight excluding hydrogens is 346 g/mol. The van der Waals surface area contributed by atoms with Gasteiger partial charge < -0.3 is 0 Å². The molecule has 23 heavy (non-hydrogen) atoms. The lowest BCUT2D eigenvalue weighted by Crippen LogP contribution is -2.24. The Balaban J connectivity index is 2.41. The highest BCUT2D eigenvalue weighted by Gasteiger charge is 2.43. The maximum absolute atomic E-state index is 13.8. The van der Waals surface area contributed by atoms with Crippen molar-refractivity contribution in [3.8, 4) is 0 Å². The van der Waals surface area contributed by atoms with E-state index in [0.29, 0.717) is 0 Å². The van der Waals surface area contributed by atoms with Crippen LogP contribution in [0.2, 0.25) is 0 Å². The van der Waals surface area contributed by atoms with E-state index in [9.17, 15) is 27.7 Å². The summed E-state index contributed by atoms with van der Waals surface area (Å²) in [6, 6.07) is 10.5. The summed E-state index contributed by atoms with van der Waals surface area (Å²) in [5.41, 5.74) is -0.288. The average molecular weight is 359 g/mol. The molecule has 0 amide bonds. The third-order valence-electron chi connectivity index (χ3n) is 3.16. The van der Waals surface area contributed by atoms with E-state index in [1.54, 1.807) is 0 Å². The van der Waals surface area contributed by atoms with Gasteiger partial charge in [0.25, 0.3) is 11.6 Å². The summed E-state index contributed by atoms with van der Waals surface area (Å²) in [4.78, 5) is 18.9. The molecule has 0 radical (unpaired) electrons. The van der Waals surface area contributed by atoms with E-state index in [1.165, 1.54) is 36.4 Å². The van der Waals surface area contributed by atoms with Gasteiger partial charge in [-0.25, -0.2) is 14.1 Å². The van der Waals surface area contributed by atoms with Crippen molar-refractivity contribution in [1.82, 2.24) is 5.32 Å². The van der Waals surface area contributed by atoms with Gasteiger partial charge in [0.1, 0.15) is 11.6 Å². The predicted molar refractivity (Wildman–Crippen MR) is 81.1 cm³/mol. The Hall–Kier alpha value is -1.62. The molecule has 2 rings (SSSR count). The Labute approximate surface area is 132 Å². The van der Waals surface area contributed by atoms with Gasteiger partial charge in [-0.05, 0) is 33.4 Å². The first-order chi connectivity index (χ1) is 10.9. The maximum atomic E-state index is 13.8. The number of nitrogens with one attached hydrogen (secondary N) is 1. The summed E-state index contributed by atoms with van der Waals surface area (Å²) in [5, 5.41) is 2.42. The molecule has 0 aromatic heterocycles. The summed E-state index contributed by atoms with van der Waals surface area (Å²) in [5.74, 6) is -4.41. The molecule has 0 aliphatic heterocycles. The van der Waals surface area contributed by atoms with Gasteiger partial charge in [0.05, 0.1) is 11.1 Å². The van der Waals surface area contributed by atoms with Crippen molar-refractivity contribution in [2.45, 2.75) is 11.6 Å². The van der Waals surface area contributed by atoms with E-state index in [0.717, 1.165) is 12.1 Å². The Morgan fingerprint density at radius 2 is 1.13 bits per heavy atom. The monoisotopic (exact) mass is 359 g/mol. The van der Waals surface area contributed by atoms with Crippen LogP contribution in [-0.2, 0) is 9.13 Å². The van der Waals surface area contributed by atoms with E-state index in [1.807, 2.05) is 0 Å². The maximum Gasteiger partial charge on any atom is 0.529 e. The van der Waals surface area contributed by atoms with Crippen LogP contribution in [0.3, 0.4) is 0 Å². The van der Waals surface area contributed by atoms with Crippen LogP contribution in [0.1, 0.15) is 22.7 Å². The van der Waals surface area contributed by atoms with E-state index in [2.05, 4.69) is 5.32 Å². The molecule has 0 aliphatic rings. The zero-order valence-corrected chi connectivity index (χ0v) is 13.4. The molecule has 2 aromatic rings. The van der Waals surface area contributed by atoms with Gasteiger partial charge in [-0.2, -0.15) is 9.79 Å². The standard InChI is InChI=1S/C14H11F2NO4P2/c15-11-7-3-1-5-9(11)13(22(18)19)17-14(23(20)21)10-6-2-4-8-12(10)16/h1-8,13-14,17H/p+2/t13-,14+. The van der Waals surface area contributed by atoms with Crippen LogP contribution in [0.5, 0.6) is 0 Å². The largest absolute Gasteiger partial charge is 0.529 e. The van der Waals surface area contributed by atoms with Crippen LogP contribution >= 0.6 is 16.1 Å². The Morgan fingerprint density at radius 3 is 1.43 bits per heavy atom. The second-order valence-electron chi connectivity index (χ2n) is 4.62. The molecule has 0 saturated heterocycles. The van der Waals surface area contributed by atoms with Crippen molar-refractivity contribution >= 4 is 16.1 Å². The number of halogens is 2. The molecule has 0 heterocycles. The highest BCUT2D eigenvalue weighted by molar-refractivity contribution is 7.39. The van der Waals surface area contributed by atoms with Crippen molar-refractivity contribution in [3.63, 3.8) is 0 Å². The highest BCUT2D eigenvalue weighted by atomic mass is 31.1. The molecule has 4 atom stereocenters. The number of hydrogen-bond acceptors (Lipinski definition) is 3. The first-order valence-corrected chi connectivity index (χ1v) is 9.03. The first-order valence-electron chi connectivity index (χ1n) is 6.47. The average Bonchev–Trinajstić information content (AvgIpc) is 2.50. The molecule has 0 spiro atoms. The van der Waals surface area contributed by atoms with Crippen molar-refractivity contribution in [2.24, 2.45) is 0 Å². The second-order valence-corrected chi connectivity index (χ2v) is 6.86. The number of hydrogen-bond donors (Lipinski definition) is 3. The summed E-state index contributed by atoms with van der Waals surface area (Å²) >= 11 is 0. The van der Waals surface area contributed by atoms with Crippen LogP contribution < -0.4 is 5.32 Å². The summed E-state index contributed by atoms with van der Waals surface area (Å²) in [6.45, 7) is 0. The first kappa shape index (κ1) is 17.7. The second kappa shape index (κ2) is 7.77. The lowest BCUT2D eigenvalue weighted by Gasteiger charge is -2.12. The van der Waals surface area contributed by atoms with E-state index < -0.39 is 39.3 Å². The smallest absolute Gasteiger partial charge is 0.216 e. The van der Waals surface area contributed by atoms with E-state index in [4.69, 9.17) is 0 Å². The molecule has 2 unspecified atom stereocenters. The van der Waals surface area contributed by atoms with Gasteiger partial charge in [0.2, 0.25) is 0 Å². The highest BCUT2D eigenvalue weighted by Crippen LogP contribution is 2.44. The molecule has 9 heteroatoms. The van der Waals surface area contributed by atoms with Crippen molar-refractivity contribution in [1.29, 1.82) is 0 Å². The van der Waals surface area contributed by atoms with Crippen LogP contribution in [0.4, 0.5) is 8.78 Å². The molecule has 0 saturated carbocycles. The SMILES string of the molecule is O=[P+](O)[C@H](N[C@@H](c1ccccc1F)[P+](=O)O)c1ccccc1F. The minimum atomic E-state index is -2.98. The van der Waals surface area contributed by atoms with Crippen LogP contribution in [0.15, 0.2) is 48.5 Å². The van der Waals surface area contributed by atoms with Crippen LogP contribution in [0, 0.1) is 11.6 Å². The van der Waals surface area contributed by atoms with Crippen molar-refractivity contribution in [3.05, 3.63) is 71.3 Å². The fourth-order valence-electron chi connectivity index (χ4n) is 2.09. The summed E-state index contributed by atoms with van der Waals surface area (Å²) < 4.78 is 50.8.